The third-order valence-electron chi connectivity index (χ3n) is 2.38. The lowest BCUT2D eigenvalue weighted by atomic mass is 10.1. The van der Waals surface area contributed by atoms with E-state index in [0.29, 0.717) is 6.42 Å². The predicted octanol–water partition coefficient (Wildman–Crippen LogP) is 2.32. The summed E-state index contributed by atoms with van der Waals surface area (Å²) in [5, 5.41) is 1.68. The van der Waals surface area contributed by atoms with Crippen LogP contribution in [-0.4, -0.2) is 31.3 Å². The first-order valence-corrected chi connectivity index (χ1v) is 6.94. The summed E-state index contributed by atoms with van der Waals surface area (Å²) in [6.07, 6.45) is 4.48. The fourth-order valence-electron chi connectivity index (χ4n) is 1.55. The van der Waals surface area contributed by atoms with Crippen LogP contribution in [0.1, 0.15) is 18.4 Å². The van der Waals surface area contributed by atoms with Gasteiger partial charge >= 0.3 is 0 Å². The Balaban J connectivity index is 2.28. The Kier molecular flexibility index (Phi) is 6.08. The Hall–Kier alpha value is -1.00. The van der Waals surface area contributed by atoms with Gasteiger partial charge < -0.3 is 0 Å². The number of nitrogens with one attached hydrogen (secondary N) is 1. The molecular weight excluding hydrogens is 232 g/mol. The summed E-state index contributed by atoms with van der Waals surface area (Å²) in [7, 11) is 3.64. The monoisotopic (exact) mass is 252 g/mol. The highest BCUT2D eigenvalue weighted by Gasteiger charge is 2.02. The molecule has 1 rings (SSSR count). The molecule has 17 heavy (non-hydrogen) atoms. The Morgan fingerprint density at radius 3 is 2.47 bits per heavy atom. The highest BCUT2D eigenvalue weighted by atomic mass is 32.2. The van der Waals surface area contributed by atoms with Crippen molar-refractivity contribution in [1.82, 2.24) is 10.4 Å². The maximum atomic E-state index is 11.4. The number of aryl methyl sites for hydroxylation is 1. The van der Waals surface area contributed by atoms with Crippen LogP contribution >= 0.6 is 11.8 Å². The molecule has 0 unspecified atom stereocenters. The molecule has 0 atom stereocenters. The lowest BCUT2D eigenvalue weighted by molar-refractivity contribution is -0.124. The van der Waals surface area contributed by atoms with E-state index in [0.717, 1.165) is 12.8 Å². The molecule has 1 aromatic rings. The number of hydrazine groups is 1. The summed E-state index contributed by atoms with van der Waals surface area (Å²) in [5.41, 5.74) is 4.03. The number of amides is 1. The molecule has 0 aliphatic heterocycles. The summed E-state index contributed by atoms with van der Waals surface area (Å²) in [4.78, 5) is 12.7. The van der Waals surface area contributed by atoms with Crippen molar-refractivity contribution in [3.05, 3.63) is 29.8 Å². The minimum atomic E-state index is 0.0794. The van der Waals surface area contributed by atoms with E-state index in [1.165, 1.54) is 10.5 Å². The second kappa shape index (κ2) is 7.35. The van der Waals surface area contributed by atoms with Crippen molar-refractivity contribution >= 4 is 17.7 Å². The smallest absolute Gasteiger partial charge is 0.234 e. The normalized spacial score (nSPS) is 10.6. The van der Waals surface area contributed by atoms with Crippen LogP contribution in [0.4, 0.5) is 0 Å². The molecule has 1 N–H and O–H groups in total. The maximum Gasteiger partial charge on any atom is 0.234 e. The molecule has 0 saturated carbocycles. The SMILES string of the molecule is CSc1ccc(CCCC(=O)NN(C)C)cc1. The van der Waals surface area contributed by atoms with Gasteiger partial charge in [-0.15, -0.1) is 11.8 Å². The zero-order valence-corrected chi connectivity index (χ0v) is 11.5. The summed E-state index contributed by atoms with van der Waals surface area (Å²) in [6.45, 7) is 0. The molecule has 0 aliphatic carbocycles. The van der Waals surface area contributed by atoms with Crippen molar-refractivity contribution < 1.29 is 4.79 Å². The first-order chi connectivity index (χ1) is 8.11. The highest BCUT2D eigenvalue weighted by molar-refractivity contribution is 7.98. The van der Waals surface area contributed by atoms with Gasteiger partial charge in [-0.05, 0) is 36.8 Å². The van der Waals surface area contributed by atoms with E-state index >= 15 is 0 Å². The number of thioether (sulfide) groups is 1. The maximum absolute atomic E-state index is 11.4. The molecule has 0 bridgehead atoms. The van der Waals surface area contributed by atoms with Gasteiger partial charge in [0.2, 0.25) is 5.91 Å². The highest BCUT2D eigenvalue weighted by Crippen LogP contribution is 2.15. The number of hydrogen-bond acceptors (Lipinski definition) is 3. The molecule has 0 spiro atoms. The second-order valence-corrected chi connectivity index (χ2v) is 5.01. The number of rotatable bonds is 6. The van der Waals surface area contributed by atoms with E-state index in [9.17, 15) is 4.79 Å². The first kappa shape index (κ1) is 14.1. The Bertz CT molecular complexity index is 349. The molecule has 4 heteroatoms. The molecule has 0 heterocycles. The number of hydrogen-bond donors (Lipinski definition) is 1. The van der Waals surface area contributed by atoms with E-state index in [1.807, 2.05) is 14.1 Å². The molecule has 1 aromatic carbocycles. The molecule has 0 aliphatic rings. The van der Waals surface area contributed by atoms with E-state index < -0.39 is 0 Å². The third-order valence-corrected chi connectivity index (χ3v) is 3.12. The molecule has 0 aromatic heterocycles. The van der Waals surface area contributed by atoms with Gasteiger partial charge in [-0.25, -0.2) is 5.01 Å². The first-order valence-electron chi connectivity index (χ1n) is 5.71. The summed E-state index contributed by atoms with van der Waals surface area (Å²) in [5.74, 6) is 0.0794. The Morgan fingerprint density at radius 2 is 1.94 bits per heavy atom. The largest absolute Gasteiger partial charge is 0.289 e. The van der Waals surface area contributed by atoms with Gasteiger partial charge in [0.05, 0.1) is 0 Å². The van der Waals surface area contributed by atoms with Crippen LogP contribution in [0.3, 0.4) is 0 Å². The lowest BCUT2D eigenvalue weighted by Gasteiger charge is -2.11. The van der Waals surface area contributed by atoms with Gasteiger partial charge in [0.1, 0.15) is 0 Å². The number of carbonyl (C=O) groups excluding carboxylic acids is 1. The van der Waals surface area contributed by atoms with Crippen LogP contribution in [0.5, 0.6) is 0 Å². The van der Waals surface area contributed by atoms with Crippen LogP contribution < -0.4 is 5.43 Å². The van der Waals surface area contributed by atoms with Crippen molar-refractivity contribution in [3.8, 4) is 0 Å². The van der Waals surface area contributed by atoms with E-state index in [1.54, 1.807) is 16.8 Å². The zero-order chi connectivity index (χ0) is 12.7. The van der Waals surface area contributed by atoms with Crippen LogP contribution in [0.2, 0.25) is 0 Å². The standard InChI is InChI=1S/C13H20N2OS/c1-15(2)14-13(16)6-4-5-11-7-9-12(17-3)10-8-11/h7-10H,4-6H2,1-3H3,(H,14,16). The number of carbonyl (C=O) groups is 1. The van der Waals surface area contributed by atoms with Crippen LogP contribution in [0.15, 0.2) is 29.2 Å². The average Bonchev–Trinajstić information content (AvgIpc) is 2.29. The molecule has 94 valence electrons. The third kappa shape index (κ3) is 5.75. The van der Waals surface area contributed by atoms with Crippen molar-refractivity contribution in [1.29, 1.82) is 0 Å². The zero-order valence-electron chi connectivity index (χ0n) is 10.7. The fraction of sp³-hybridized carbons (Fsp3) is 0.462. The second-order valence-electron chi connectivity index (χ2n) is 4.13. The molecule has 3 nitrogen and oxygen atoms in total. The molecule has 0 saturated heterocycles. The summed E-state index contributed by atoms with van der Waals surface area (Å²) in [6, 6.07) is 8.52. The average molecular weight is 252 g/mol. The van der Waals surface area contributed by atoms with E-state index in [2.05, 4.69) is 35.9 Å². The number of nitrogens with zero attached hydrogens (tertiary/aromatic N) is 1. The van der Waals surface area contributed by atoms with Crippen molar-refractivity contribution in [2.45, 2.75) is 24.2 Å². The molecule has 1 amide bonds. The van der Waals surface area contributed by atoms with Gasteiger partial charge in [-0.2, -0.15) is 0 Å². The van der Waals surface area contributed by atoms with E-state index in [4.69, 9.17) is 0 Å². The van der Waals surface area contributed by atoms with Crippen LogP contribution in [0.25, 0.3) is 0 Å². The van der Waals surface area contributed by atoms with Crippen molar-refractivity contribution in [2.75, 3.05) is 20.4 Å². The molecule has 0 fully saturated rings. The van der Waals surface area contributed by atoms with Crippen LogP contribution in [0, 0.1) is 0 Å². The van der Waals surface area contributed by atoms with Gasteiger partial charge in [0.25, 0.3) is 0 Å². The minimum Gasteiger partial charge on any atom is -0.289 e. The predicted molar refractivity (Wildman–Crippen MR) is 73.0 cm³/mol. The van der Waals surface area contributed by atoms with Crippen molar-refractivity contribution in [2.24, 2.45) is 0 Å². The lowest BCUT2D eigenvalue weighted by Crippen LogP contribution is -2.35. The number of benzene rings is 1. The molecular formula is C13H20N2OS. The van der Waals surface area contributed by atoms with Crippen LogP contribution in [-0.2, 0) is 11.2 Å². The van der Waals surface area contributed by atoms with E-state index in [-0.39, 0.29) is 5.91 Å². The topological polar surface area (TPSA) is 32.3 Å². The summed E-state index contributed by atoms with van der Waals surface area (Å²) < 4.78 is 0. The minimum absolute atomic E-state index is 0.0794. The van der Waals surface area contributed by atoms with Gasteiger partial charge in [0.15, 0.2) is 0 Å². The molecule has 0 radical (unpaired) electrons. The quantitative estimate of drug-likeness (QED) is 0.623. The van der Waals surface area contributed by atoms with Crippen molar-refractivity contribution in [3.63, 3.8) is 0 Å². The fourth-order valence-corrected chi connectivity index (χ4v) is 1.96. The van der Waals surface area contributed by atoms with Gasteiger partial charge in [0, 0.05) is 25.4 Å². The van der Waals surface area contributed by atoms with Gasteiger partial charge in [-0.1, -0.05) is 12.1 Å². The Labute approximate surface area is 108 Å². The summed E-state index contributed by atoms with van der Waals surface area (Å²) >= 11 is 1.74. The Morgan fingerprint density at radius 1 is 1.29 bits per heavy atom. The van der Waals surface area contributed by atoms with Gasteiger partial charge in [-0.3, -0.25) is 10.2 Å².